The summed E-state index contributed by atoms with van der Waals surface area (Å²) in [5.41, 5.74) is 2.03. The normalized spacial score (nSPS) is 10.3. The van der Waals surface area contributed by atoms with Crippen molar-refractivity contribution in [1.82, 2.24) is 19.6 Å². The molecule has 0 saturated heterocycles. The van der Waals surface area contributed by atoms with Gasteiger partial charge in [-0.15, -0.1) is 10.2 Å². The van der Waals surface area contributed by atoms with Crippen LogP contribution in [0.3, 0.4) is 0 Å². The van der Waals surface area contributed by atoms with Gasteiger partial charge in [-0.2, -0.15) is 5.26 Å². The van der Waals surface area contributed by atoms with E-state index in [1.807, 2.05) is 30.1 Å². The van der Waals surface area contributed by atoms with Crippen LogP contribution in [-0.4, -0.2) is 26.6 Å². The Hall–Kier alpha value is -2.94. The van der Waals surface area contributed by atoms with Crippen molar-refractivity contribution in [2.45, 2.75) is 0 Å². The number of rotatable bonds is 2. The van der Waals surface area contributed by atoms with E-state index < -0.39 is 0 Å². The highest BCUT2D eigenvalue weighted by molar-refractivity contribution is 5.74. The highest BCUT2D eigenvalue weighted by atomic mass is 15.3. The molecule has 0 aliphatic heterocycles. The van der Waals surface area contributed by atoms with Crippen molar-refractivity contribution in [2.75, 3.05) is 11.9 Å². The molecule has 6 nitrogen and oxygen atoms in total. The Labute approximate surface area is 109 Å². The predicted molar refractivity (Wildman–Crippen MR) is 70.0 cm³/mol. The fourth-order valence-electron chi connectivity index (χ4n) is 1.96. The van der Waals surface area contributed by atoms with Crippen molar-refractivity contribution < 1.29 is 0 Å². The minimum Gasteiger partial charge on any atom is -0.325 e. The molecule has 0 saturated carbocycles. The molecule has 0 unspecified atom stereocenters. The molecule has 92 valence electrons. The summed E-state index contributed by atoms with van der Waals surface area (Å²) in [5, 5.41) is 17.1. The zero-order valence-corrected chi connectivity index (χ0v) is 10.2. The van der Waals surface area contributed by atoms with Crippen LogP contribution >= 0.6 is 0 Å². The highest BCUT2D eigenvalue weighted by Gasteiger charge is 2.14. The molecule has 0 aliphatic carbocycles. The van der Waals surface area contributed by atoms with Gasteiger partial charge in [-0.1, -0.05) is 12.1 Å². The summed E-state index contributed by atoms with van der Waals surface area (Å²) in [4.78, 5) is 6.16. The number of nitriles is 1. The molecule has 0 spiro atoms. The molecule has 2 heterocycles. The largest absolute Gasteiger partial charge is 0.325 e. The quantitative estimate of drug-likeness (QED) is 0.693. The van der Waals surface area contributed by atoms with Gasteiger partial charge in [-0.25, -0.2) is 4.98 Å². The third-order valence-electron chi connectivity index (χ3n) is 2.90. The Morgan fingerprint density at radius 2 is 2.16 bits per heavy atom. The van der Waals surface area contributed by atoms with Gasteiger partial charge in [-0.05, 0) is 12.1 Å². The maximum atomic E-state index is 9.16. The first kappa shape index (κ1) is 11.2. The number of benzene rings is 1. The SMILES string of the molecule is CN(c1ccccc1C#N)c1nccn2cnnc12. The molecule has 3 aromatic rings. The summed E-state index contributed by atoms with van der Waals surface area (Å²) < 4.78 is 1.79. The van der Waals surface area contributed by atoms with Gasteiger partial charge in [-0.3, -0.25) is 4.40 Å². The van der Waals surface area contributed by atoms with E-state index in [9.17, 15) is 0 Å². The molecule has 19 heavy (non-hydrogen) atoms. The molecule has 0 N–H and O–H groups in total. The van der Waals surface area contributed by atoms with E-state index >= 15 is 0 Å². The fraction of sp³-hybridized carbons (Fsp3) is 0.0769. The number of fused-ring (bicyclic) bond motifs is 1. The molecule has 3 rings (SSSR count). The monoisotopic (exact) mass is 250 g/mol. The predicted octanol–water partition coefficient (Wildman–Crippen LogP) is 1.76. The van der Waals surface area contributed by atoms with Crippen molar-refractivity contribution in [1.29, 1.82) is 5.26 Å². The molecule has 0 aliphatic rings. The van der Waals surface area contributed by atoms with Crippen molar-refractivity contribution in [2.24, 2.45) is 0 Å². The third-order valence-corrected chi connectivity index (χ3v) is 2.90. The summed E-state index contributed by atoms with van der Waals surface area (Å²) in [6.45, 7) is 0. The summed E-state index contributed by atoms with van der Waals surface area (Å²) in [5.74, 6) is 0.655. The summed E-state index contributed by atoms with van der Waals surface area (Å²) >= 11 is 0. The molecule has 0 fully saturated rings. The molecular formula is C13H10N6. The van der Waals surface area contributed by atoms with E-state index in [-0.39, 0.29) is 0 Å². The summed E-state index contributed by atoms with van der Waals surface area (Å²) in [7, 11) is 1.85. The average molecular weight is 250 g/mol. The number of nitrogens with zero attached hydrogens (tertiary/aromatic N) is 6. The van der Waals surface area contributed by atoms with Crippen molar-refractivity contribution in [3.05, 3.63) is 48.5 Å². The zero-order chi connectivity index (χ0) is 13.2. The standard InChI is InChI=1S/C13H10N6/c1-18(11-5-3-2-4-10(11)8-14)12-13-17-16-9-19(13)7-6-15-12/h2-7,9H,1H3. The van der Waals surface area contributed by atoms with Gasteiger partial charge in [0.25, 0.3) is 0 Å². The van der Waals surface area contributed by atoms with Gasteiger partial charge < -0.3 is 4.90 Å². The molecule has 0 radical (unpaired) electrons. The Bertz CT molecular complexity index is 770. The van der Waals surface area contributed by atoms with Gasteiger partial charge in [0, 0.05) is 19.4 Å². The summed E-state index contributed by atoms with van der Waals surface area (Å²) in [6, 6.07) is 9.54. The average Bonchev–Trinajstić information content (AvgIpc) is 2.94. The first-order valence-electron chi connectivity index (χ1n) is 5.68. The Morgan fingerprint density at radius 1 is 1.32 bits per heavy atom. The highest BCUT2D eigenvalue weighted by Crippen LogP contribution is 2.26. The van der Waals surface area contributed by atoms with Crippen LogP contribution in [0.4, 0.5) is 11.5 Å². The van der Waals surface area contributed by atoms with E-state index in [1.165, 1.54) is 0 Å². The van der Waals surface area contributed by atoms with Crippen LogP contribution in [0.2, 0.25) is 0 Å². The molecule has 0 bridgehead atoms. The Morgan fingerprint density at radius 3 is 3.00 bits per heavy atom. The maximum Gasteiger partial charge on any atom is 0.204 e. The van der Waals surface area contributed by atoms with E-state index in [4.69, 9.17) is 5.26 Å². The van der Waals surface area contributed by atoms with E-state index in [0.29, 0.717) is 17.0 Å². The lowest BCUT2D eigenvalue weighted by Crippen LogP contribution is -2.14. The Balaban J connectivity index is 2.17. The molecule has 2 aromatic heterocycles. The first-order chi connectivity index (χ1) is 9.31. The topological polar surface area (TPSA) is 70.1 Å². The second-order valence-electron chi connectivity index (χ2n) is 4.00. The molecule has 1 aromatic carbocycles. The number of hydrogen-bond donors (Lipinski definition) is 0. The van der Waals surface area contributed by atoms with E-state index in [0.717, 1.165) is 5.69 Å². The van der Waals surface area contributed by atoms with E-state index in [1.54, 1.807) is 29.2 Å². The second kappa shape index (κ2) is 4.38. The number of anilines is 2. The van der Waals surface area contributed by atoms with Crippen LogP contribution in [-0.2, 0) is 0 Å². The third kappa shape index (κ3) is 1.77. The van der Waals surface area contributed by atoms with Crippen LogP contribution in [0, 0.1) is 11.3 Å². The van der Waals surface area contributed by atoms with Crippen LogP contribution in [0.25, 0.3) is 5.65 Å². The summed E-state index contributed by atoms with van der Waals surface area (Å²) in [6.07, 6.45) is 5.07. The maximum absolute atomic E-state index is 9.16. The van der Waals surface area contributed by atoms with Crippen LogP contribution in [0.15, 0.2) is 43.0 Å². The number of para-hydroxylation sites is 1. The molecule has 0 amide bonds. The van der Waals surface area contributed by atoms with Crippen molar-refractivity contribution in [3.63, 3.8) is 0 Å². The van der Waals surface area contributed by atoms with Gasteiger partial charge in [0.1, 0.15) is 12.4 Å². The van der Waals surface area contributed by atoms with Crippen molar-refractivity contribution in [3.8, 4) is 6.07 Å². The van der Waals surface area contributed by atoms with Gasteiger partial charge >= 0.3 is 0 Å². The fourth-order valence-corrected chi connectivity index (χ4v) is 1.96. The zero-order valence-electron chi connectivity index (χ0n) is 10.2. The Kier molecular flexibility index (Phi) is 2.58. The number of hydrogen-bond acceptors (Lipinski definition) is 5. The number of aromatic nitrogens is 4. The van der Waals surface area contributed by atoms with Gasteiger partial charge in [0.2, 0.25) is 5.65 Å². The van der Waals surface area contributed by atoms with Gasteiger partial charge in [0.05, 0.1) is 11.3 Å². The van der Waals surface area contributed by atoms with Crippen molar-refractivity contribution >= 4 is 17.2 Å². The lowest BCUT2D eigenvalue weighted by molar-refractivity contribution is 1.06. The second-order valence-corrected chi connectivity index (χ2v) is 4.00. The molecular weight excluding hydrogens is 240 g/mol. The molecule has 6 heteroatoms. The minimum atomic E-state index is 0.591. The minimum absolute atomic E-state index is 0.591. The lowest BCUT2D eigenvalue weighted by atomic mass is 10.2. The lowest BCUT2D eigenvalue weighted by Gasteiger charge is -2.19. The van der Waals surface area contributed by atoms with E-state index in [2.05, 4.69) is 21.3 Å². The van der Waals surface area contributed by atoms with Crippen LogP contribution in [0.5, 0.6) is 0 Å². The first-order valence-corrected chi connectivity index (χ1v) is 5.68. The molecule has 0 atom stereocenters. The van der Waals surface area contributed by atoms with Crippen LogP contribution in [0.1, 0.15) is 5.56 Å². The van der Waals surface area contributed by atoms with Crippen LogP contribution < -0.4 is 4.90 Å². The smallest absolute Gasteiger partial charge is 0.204 e. The van der Waals surface area contributed by atoms with Gasteiger partial charge in [0.15, 0.2) is 5.82 Å².